The number of anilines is 1. The minimum atomic E-state index is -0.895. The van der Waals surface area contributed by atoms with Crippen LogP contribution in [0.1, 0.15) is 10.4 Å². The van der Waals surface area contributed by atoms with Crippen molar-refractivity contribution in [1.82, 2.24) is 19.9 Å². The van der Waals surface area contributed by atoms with E-state index in [9.17, 15) is 13.6 Å². The molecule has 0 aliphatic rings. The summed E-state index contributed by atoms with van der Waals surface area (Å²) >= 11 is 7.25. The van der Waals surface area contributed by atoms with Crippen LogP contribution in [0.5, 0.6) is 0 Å². The Morgan fingerprint density at radius 3 is 2.52 bits per heavy atom. The number of carbonyl (C=O) groups excluding carboxylic acids is 1. The molecule has 1 amide bonds. The van der Waals surface area contributed by atoms with Gasteiger partial charge in [-0.2, -0.15) is 0 Å². The molecule has 29 heavy (non-hydrogen) atoms. The summed E-state index contributed by atoms with van der Waals surface area (Å²) in [5, 5.41) is 11.2. The van der Waals surface area contributed by atoms with E-state index in [1.54, 1.807) is 16.6 Å². The Morgan fingerprint density at radius 2 is 1.83 bits per heavy atom. The molecule has 2 heterocycles. The van der Waals surface area contributed by atoms with E-state index in [0.29, 0.717) is 21.7 Å². The summed E-state index contributed by atoms with van der Waals surface area (Å²) in [6.45, 7) is 0.507. The minimum Gasteiger partial charge on any atom is -0.358 e. The summed E-state index contributed by atoms with van der Waals surface area (Å²) in [5.41, 5.74) is 1.13. The van der Waals surface area contributed by atoms with Gasteiger partial charge in [-0.3, -0.25) is 4.79 Å². The number of aromatic nitrogens is 3. The zero-order chi connectivity index (χ0) is 20.4. The van der Waals surface area contributed by atoms with Crippen molar-refractivity contribution in [1.29, 1.82) is 0 Å². The van der Waals surface area contributed by atoms with Crippen molar-refractivity contribution in [2.24, 2.45) is 0 Å². The number of imidazole rings is 1. The molecular formula is C19H14ClF2N5OS. The number of amides is 1. The first kappa shape index (κ1) is 19.3. The second-order valence-electron chi connectivity index (χ2n) is 6.05. The lowest BCUT2D eigenvalue weighted by Gasteiger charge is -2.07. The van der Waals surface area contributed by atoms with Gasteiger partial charge in [0.1, 0.15) is 17.2 Å². The van der Waals surface area contributed by atoms with Gasteiger partial charge >= 0.3 is 0 Å². The Balaban J connectivity index is 1.34. The van der Waals surface area contributed by atoms with E-state index >= 15 is 0 Å². The standard InChI is InChI=1S/C19H14ClF2N5OS/c20-12-6-4-11(5-7-12)15-10-27-19(25-15)29-18(26-27)24-9-8-23-17(28)16-13(21)2-1-3-14(16)22/h1-7,10H,8-9H2,(H,23,28)(H,24,26). The molecule has 0 fully saturated rings. The van der Waals surface area contributed by atoms with Crippen LogP contribution in [0, 0.1) is 11.6 Å². The number of fused-ring (bicyclic) bond motifs is 1. The van der Waals surface area contributed by atoms with Crippen LogP contribution < -0.4 is 10.6 Å². The highest BCUT2D eigenvalue weighted by Gasteiger charge is 2.16. The highest BCUT2D eigenvalue weighted by atomic mass is 35.5. The molecule has 2 N–H and O–H groups in total. The maximum Gasteiger partial charge on any atom is 0.257 e. The number of carbonyl (C=O) groups is 1. The predicted octanol–water partition coefficient (Wildman–Crippen LogP) is 4.23. The molecule has 10 heteroatoms. The topological polar surface area (TPSA) is 71.3 Å². The van der Waals surface area contributed by atoms with Crippen molar-refractivity contribution in [2.45, 2.75) is 0 Å². The van der Waals surface area contributed by atoms with Gasteiger partial charge in [0.2, 0.25) is 10.1 Å². The summed E-state index contributed by atoms with van der Waals surface area (Å²) in [7, 11) is 0. The van der Waals surface area contributed by atoms with Gasteiger partial charge in [0, 0.05) is 23.7 Å². The molecule has 6 nitrogen and oxygen atoms in total. The van der Waals surface area contributed by atoms with E-state index in [2.05, 4.69) is 20.7 Å². The fourth-order valence-electron chi connectivity index (χ4n) is 2.68. The average Bonchev–Trinajstić information content (AvgIpc) is 3.24. The van der Waals surface area contributed by atoms with Crippen LogP contribution in [0.25, 0.3) is 16.2 Å². The second-order valence-corrected chi connectivity index (χ2v) is 7.44. The molecule has 0 aliphatic heterocycles. The normalized spacial score (nSPS) is 11.0. The second kappa shape index (κ2) is 8.14. The maximum absolute atomic E-state index is 13.6. The van der Waals surface area contributed by atoms with Gasteiger partial charge in [0.15, 0.2) is 0 Å². The fraction of sp³-hybridized carbons (Fsp3) is 0.105. The van der Waals surface area contributed by atoms with Crippen LogP contribution in [0.15, 0.2) is 48.7 Å². The van der Waals surface area contributed by atoms with Gasteiger partial charge in [0.05, 0.1) is 11.9 Å². The summed E-state index contributed by atoms with van der Waals surface area (Å²) in [5.74, 6) is -2.59. The minimum absolute atomic E-state index is 0.171. The van der Waals surface area contributed by atoms with E-state index in [0.717, 1.165) is 23.4 Å². The molecule has 0 radical (unpaired) electrons. The van der Waals surface area contributed by atoms with Gasteiger partial charge in [-0.25, -0.2) is 18.3 Å². The number of halogens is 3. The molecule has 2 aromatic carbocycles. The Labute approximate surface area is 173 Å². The van der Waals surface area contributed by atoms with E-state index in [1.807, 2.05) is 18.3 Å². The summed E-state index contributed by atoms with van der Waals surface area (Å²) in [6.07, 6.45) is 1.81. The molecule has 0 unspecified atom stereocenters. The van der Waals surface area contributed by atoms with Gasteiger partial charge in [-0.05, 0) is 24.3 Å². The summed E-state index contributed by atoms with van der Waals surface area (Å²) in [6, 6.07) is 10.7. The zero-order valence-corrected chi connectivity index (χ0v) is 16.4. The van der Waals surface area contributed by atoms with Crippen molar-refractivity contribution in [3.8, 4) is 11.3 Å². The monoisotopic (exact) mass is 433 g/mol. The lowest BCUT2D eigenvalue weighted by molar-refractivity contribution is 0.0946. The zero-order valence-electron chi connectivity index (χ0n) is 14.8. The van der Waals surface area contributed by atoms with E-state index in [-0.39, 0.29) is 6.54 Å². The first-order valence-corrected chi connectivity index (χ1v) is 9.79. The lowest BCUT2D eigenvalue weighted by Crippen LogP contribution is -2.30. The Bertz CT molecular complexity index is 1120. The molecule has 0 saturated heterocycles. The van der Waals surface area contributed by atoms with Crippen LogP contribution in [0.3, 0.4) is 0 Å². The Kier molecular flexibility index (Phi) is 5.41. The van der Waals surface area contributed by atoms with Gasteiger partial charge < -0.3 is 10.6 Å². The Hall–Kier alpha value is -3.04. The number of hydrogen-bond donors (Lipinski definition) is 2. The molecule has 0 aliphatic carbocycles. The van der Waals surface area contributed by atoms with E-state index < -0.39 is 23.1 Å². The van der Waals surface area contributed by atoms with Crippen molar-refractivity contribution in [3.63, 3.8) is 0 Å². The van der Waals surface area contributed by atoms with E-state index in [4.69, 9.17) is 11.6 Å². The number of hydrogen-bond acceptors (Lipinski definition) is 5. The summed E-state index contributed by atoms with van der Waals surface area (Å²) in [4.78, 5) is 17.2. The fourth-order valence-corrected chi connectivity index (χ4v) is 3.61. The molecule has 4 rings (SSSR count). The number of rotatable bonds is 6. The highest BCUT2D eigenvalue weighted by molar-refractivity contribution is 7.20. The van der Waals surface area contributed by atoms with Crippen molar-refractivity contribution >= 4 is 38.9 Å². The van der Waals surface area contributed by atoms with Crippen LogP contribution in [0.2, 0.25) is 5.02 Å². The van der Waals surface area contributed by atoms with Crippen LogP contribution in [0.4, 0.5) is 13.9 Å². The molecular weight excluding hydrogens is 420 g/mol. The van der Waals surface area contributed by atoms with Crippen LogP contribution in [-0.2, 0) is 0 Å². The molecule has 0 saturated carbocycles. The van der Waals surface area contributed by atoms with Crippen molar-refractivity contribution in [2.75, 3.05) is 18.4 Å². The van der Waals surface area contributed by atoms with Gasteiger partial charge in [0.25, 0.3) is 5.91 Å². The number of nitrogens with zero attached hydrogens (tertiary/aromatic N) is 3. The predicted molar refractivity (Wildman–Crippen MR) is 108 cm³/mol. The molecule has 148 valence electrons. The van der Waals surface area contributed by atoms with Gasteiger partial charge in [-0.1, -0.05) is 41.1 Å². The molecule has 0 bridgehead atoms. The third-order valence-corrected chi connectivity index (χ3v) is 5.19. The maximum atomic E-state index is 13.6. The van der Waals surface area contributed by atoms with Crippen LogP contribution >= 0.6 is 22.9 Å². The molecule has 2 aromatic heterocycles. The van der Waals surface area contributed by atoms with E-state index in [1.165, 1.54) is 17.4 Å². The third-order valence-electron chi connectivity index (χ3n) is 4.06. The molecule has 0 spiro atoms. The average molecular weight is 434 g/mol. The third kappa shape index (κ3) is 4.20. The largest absolute Gasteiger partial charge is 0.358 e. The van der Waals surface area contributed by atoms with Crippen molar-refractivity contribution in [3.05, 3.63) is 70.9 Å². The SMILES string of the molecule is O=C(NCCNc1nn2cc(-c3ccc(Cl)cc3)nc2s1)c1c(F)cccc1F. The molecule has 0 atom stereocenters. The summed E-state index contributed by atoms with van der Waals surface area (Å²) < 4.78 is 28.8. The van der Waals surface area contributed by atoms with Crippen LogP contribution in [-0.4, -0.2) is 33.6 Å². The smallest absolute Gasteiger partial charge is 0.257 e. The lowest BCUT2D eigenvalue weighted by atomic mass is 10.2. The van der Waals surface area contributed by atoms with Gasteiger partial charge in [-0.15, -0.1) is 5.10 Å². The first-order valence-electron chi connectivity index (χ1n) is 8.59. The van der Waals surface area contributed by atoms with Crippen molar-refractivity contribution < 1.29 is 13.6 Å². The number of nitrogens with one attached hydrogen (secondary N) is 2. The highest BCUT2D eigenvalue weighted by Crippen LogP contribution is 2.25. The Morgan fingerprint density at radius 1 is 1.10 bits per heavy atom. The number of benzene rings is 2. The first-order chi connectivity index (χ1) is 14.0. The quantitative estimate of drug-likeness (QED) is 0.446. The molecule has 4 aromatic rings.